The van der Waals surface area contributed by atoms with Crippen LogP contribution in [0.4, 0.5) is 0 Å². The maximum Gasteiger partial charge on any atom is 0.241 e. The number of benzene rings is 2. The first-order valence-corrected chi connectivity index (χ1v) is 14.9. The first-order valence-electron chi connectivity index (χ1n) is 12.0. The number of β-amino-alcohol motifs (C(OH)–C–C–N with tert-alkyl or cyclic N) is 1. The molecule has 7 nitrogen and oxygen atoms in total. The number of piperidine rings is 1. The minimum absolute atomic E-state index is 0.0214. The largest absolute Gasteiger partial charge is 0.395 e. The summed E-state index contributed by atoms with van der Waals surface area (Å²) >= 11 is 0. The Morgan fingerprint density at radius 3 is 2.32 bits per heavy atom. The second-order valence-corrected chi connectivity index (χ2v) is 12.9. The van der Waals surface area contributed by atoms with E-state index in [2.05, 4.69) is 9.62 Å². The van der Waals surface area contributed by atoms with Crippen molar-refractivity contribution in [2.45, 2.75) is 72.6 Å². The summed E-state index contributed by atoms with van der Waals surface area (Å²) in [5.41, 5.74) is 1.53. The van der Waals surface area contributed by atoms with Crippen LogP contribution >= 0.6 is 0 Å². The lowest BCUT2D eigenvalue weighted by Crippen LogP contribution is -2.45. The number of nitrogens with one attached hydrogen (secondary N) is 1. The number of rotatable bonds is 7. The molecule has 0 unspecified atom stereocenters. The molecule has 0 aliphatic carbocycles. The fourth-order valence-electron chi connectivity index (χ4n) is 5.63. The van der Waals surface area contributed by atoms with Crippen molar-refractivity contribution in [3.05, 3.63) is 53.1 Å². The normalized spacial score (nSPS) is 20.0. The van der Waals surface area contributed by atoms with Crippen molar-refractivity contribution in [3.63, 3.8) is 0 Å². The zero-order chi connectivity index (χ0) is 24.7. The Hall–Kier alpha value is -1.78. The molecule has 2 heterocycles. The van der Waals surface area contributed by atoms with Crippen LogP contribution in [0.5, 0.6) is 0 Å². The summed E-state index contributed by atoms with van der Waals surface area (Å²) in [5, 5.41) is 9.12. The van der Waals surface area contributed by atoms with Gasteiger partial charge >= 0.3 is 0 Å². The monoisotopic (exact) mass is 506 g/mol. The van der Waals surface area contributed by atoms with Gasteiger partial charge in [0.15, 0.2) is 0 Å². The van der Waals surface area contributed by atoms with Crippen molar-refractivity contribution in [1.82, 2.24) is 9.62 Å². The van der Waals surface area contributed by atoms with Gasteiger partial charge < -0.3 is 10.0 Å². The molecule has 4 rings (SSSR count). The Labute approximate surface area is 203 Å². The van der Waals surface area contributed by atoms with Crippen LogP contribution in [0.1, 0.15) is 56.2 Å². The molecule has 0 bridgehead atoms. The predicted octanol–water partition coefficient (Wildman–Crippen LogP) is 2.98. The Bertz CT molecular complexity index is 1280. The number of hydrogen-bond donors (Lipinski definition) is 2. The first-order chi connectivity index (χ1) is 16.1. The number of sulfone groups is 1. The van der Waals surface area contributed by atoms with Crippen molar-refractivity contribution in [1.29, 1.82) is 0 Å². The van der Waals surface area contributed by atoms with Crippen molar-refractivity contribution in [2.75, 3.05) is 26.2 Å². The highest BCUT2D eigenvalue weighted by atomic mass is 32.2. The number of fused-ring (bicyclic) bond motifs is 2. The molecule has 0 saturated carbocycles. The van der Waals surface area contributed by atoms with Gasteiger partial charge in [-0.2, -0.15) is 0 Å². The Morgan fingerprint density at radius 1 is 1.06 bits per heavy atom. The van der Waals surface area contributed by atoms with Gasteiger partial charge in [0.2, 0.25) is 19.9 Å². The van der Waals surface area contributed by atoms with Crippen molar-refractivity contribution < 1.29 is 21.9 Å². The van der Waals surface area contributed by atoms with Crippen LogP contribution in [0.3, 0.4) is 0 Å². The number of aliphatic hydroxyl groups is 1. The van der Waals surface area contributed by atoms with Gasteiger partial charge in [-0.3, -0.25) is 0 Å². The van der Waals surface area contributed by atoms with E-state index in [1.807, 2.05) is 26.0 Å². The van der Waals surface area contributed by atoms with Gasteiger partial charge in [-0.15, -0.1) is 0 Å². The van der Waals surface area contributed by atoms with Crippen LogP contribution in [-0.4, -0.2) is 59.1 Å². The number of aliphatic hydroxyl groups excluding tert-OH is 1. The van der Waals surface area contributed by atoms with Gasteiger partial charge in [-0.05, 0) is 74.5 Å². The fourth-order valence-corrected chi connectivity index (χ4v) is 9.12. The van der Waals surface area contributed by atoms with Gasteiger partial charge in [0.25, 0.3) is 0 Å². The third-order valence-electron chi connectivity index (χ3n) is 7.60. The molecular weight excluding hydrogens is 472 g/mol. The number of likely N-dealkylation sites (tertiary alicyclic amines) is 1. The zero-order valence-electron chi connectivity index (χ0n) is 20.0. The second kappa shape index (κ2) is 9.35. The number of nitrogens with zero attached hydrogens (tertiary/aromatic N) is 1. The molecule has 0 aromatic heterocycles. The minimum atomic E-state index is -3.91. The van der Waals surface area contributed by atoms with E-state index < -0.39 is 25.3 Å². The molecule has 0 atom stereocenters. The van der Waals surface area contributed by atoms with Crippen molar-refractivity contribution in [2.24, 2.45) is 0 Å². The molecule has 2 aromatic rings. The molecule has 186 valence electrons. The van der Waals surface area contributed by atoms with Gasteiger partial charge in [0.1, 0.15) is 0 Å². The highest BCUT2D eigenvalue weighted by Crippen LogP contribution is 2.50. The predicted molar refractivity (Wildman–Crippen MR) is 131 cm³/mol. The molecule has 2 aliphatic heterocycles. The number of aryl methyl sites for hydroxylation is 1. The van der Waals surface area contributed by atoms with E-state index in [1.54, 1.807) is 25.1 Å². The van der Waals surface area contributed by atoms with Gasteiger partial charge in [0, 0.05) is 18.0 Å². The molecule has 2 aromatic carbocycles. The lowest BCUT2D eigenvalue weighted by atomic mass is 9.70. The van der Waals surface area contributed by atoms with Crippen LogP contribution in [-0.2, 0) is 25.3 Å². The molecular formula is C25H34N2O5S2. The van der Waals surface area contributed by atoms with E-state index in [0.29, 0.717) is 56.4 Å². The molecule has 0 spiro atoms. The third kappa shape index (κ3) is 4.11. The van der Waals surface area contributed by atoms with Crippen molar-refractivity contribution >= 4 is 19.9 Å². The Morgan fingerprint density at radius 2 is 1.71 bits per heavy atom. The summed E-state index contributed by atoms with van der Waals surface area (Å²) in [6, 6.07) is 10.0. The van der Waals surface area contributed by atoms with E-state index in [9.17, 15) is 16.8 Å². The highest BCUT2D eigenvalue weighted by Gasteiger charge is 2.45. The van der Waals surface area contributed by atoms with Crippen molar-refractivity contribution in [3.8, 4) is 0 Å². The summed E-state index contributed by atoms with van der Waals surface area (Å²) in [7, 11) is -7.78. The Balaban J connectivity index is 1.77. The number of sulfonamides is 1. The maximum atomic E-state index is 13.7. The Kier molecular flexibility index (Phi) is 6.96. The van der Waals surface area contributed by atoms with E-state index >= 15 is 0 Å². The lowest BCUT2D eigenvalue weighted by Gasteiger charge is -2.40. The standard InChI is InChI=1S/C25H34N2O5S2/c1-4-25(5-2)20-8-6-7-9-22(20)33(29,30)24-17-23(18(3)16-21(24)25)34(31,32)26-19-10-12-27(13-11-19)14-15-28/h6-9,16-17,19,26,28H,4-5,10-15H2,1-3H3. The lowest BCUT2D eigenvalue weighted by molar-refractivity contribution is 0.162. The number of hydrogen-bond acceptors (Lipinski definition) is 6. The van der Waals surface area contributed by atoms with Crippen LogP contribution in [0.2, 0.25) is 0 Å². The van der Waals surface area contributed by atoms with Gasteiger partial charge in [-0.1, -0.05) is 38.1 Å². The summed E-state index contributed by atoms with van der Waals surface area (Å²) in [6.07, 6.45) is 2.70. The van der Waals surface area contributed by atoms with E-state index in [0.717, 1.165) is 5.56 Å². The summed E-state index contributed by atoms with van der Waals surface area (Å²) < 4.78 is 56.9. The van der Waals surface area contributed by atoms with Crippen LogP contribution in [0.25, 0.3) is 0 Å². The zero-order valence-corrected chi connectivity index (χ0v) is 21.7. The fraction of sp³-hybridized carbons (Fsp3) is 0.520. The van der Waals surface area contributed by atoms with Crippen LogP contribution < -0.4 is 4.72 Å². The van der Waals surface area contributed by atoms with Crippen LogP contribution in [0.15, 0.2) is 51.1 Å². The molecule has 1 fully saturated rings. The summed E-state index contributed by atoms with van der Waals surface area (Å²) in [6.45, 7) is 7.91. The third-order valence-corrected chi connectivity index (χ3v) is 11.1. The average molecular weight is 507 g/mol. The summed E-state index contributed by atoms with van der Waals surface area (Å²) in [5.74, 6) is 0. The molecule has 0 radical (unpaired) electrons. The van der Waals surface area contributed by atoms with Crippen LogP contribution in [0, 0.1) is 6.92 Å². The van der Waals surface area contributed by atoms with E-state index in [4.69, 9.17) is 5.11 Å². The molecule has 2 N–H and O–H groups in total. The van der Waals surface area contributed by atoms with Gasteiger partial charge in [-0.25, -0.2) is 21.6 Å². The molecule has 0 amide bonds. The second-order valence-electron chi connectivity index (χ2n) is 9.36. The summed E-state index contributed by atoms with van der Waals surface area (Å²) in [4.78, 5) is 2.49. The van der Waals surface area contributed by atoms with E-state index in [-0.39, 0.29) is 27.3 Å². The topological polar surface area (TPSA) is 104 Å². The molecule has 2 aliphatic rings. The average Bonchev–Trinajstić information content (AvgIpc) is 2.81. The maximum absolute atomic E-state index is 13.7. The van der Waals surface area contributed by atoms with E-state index in [1.165, 1.54) is 6.07 Å². The molecule has 1 saturated heterocycles. The quantitative estimate of drug-likeness (QED) is 0.598. The first kappa shape index (κ1) is 25.3. The molecule has 34 heavy (non-hydrogen) atoms. The molecule has 9 heteroatoms. The van der Waals surface area contributed by atoms with Gasteiger partial charge in [0.05, 0.1) is 21.3 Å². The highest BCUT2D eigenvalue weighted by molar-refractivity contribution is 7.92. The minimum Gasteiger partial charge on any atom is -0.395 e. The smallest absolute Gasteiger partial charge is 0.241 e. The SMILES string of the molecule is CCC1(CC)c2ccccc2S(=O)(=O)c2cc(S(=O)(=O)NC3CCN(CCO)CC3)c(C)cc21.